The van der Waals surface area contributed by atoms with Gasteiger partial charge < -0.3 is 14.5 Å². The summed E-state index contributed by atoms with van der Waals surface area (Å²) < 4.78 is 5.88. The van der Waals surface area contributed by atoms with Gasteiger partial charge >= 0.3 is 0 Å². The predicted molar refractivity (Wildman–Crippen MR) is 82.8 cm³/mol. The number of nitrogens with zero attached hydrogens (tertiary/aromatic N) is 2. The fraction of sp³-hybridized carbons (Fsp3) is 0.938. The van der Waals surface area contributed by atoms with Crippen molar-refractivity contribution >= 4 is 5.91 Å². The molecule has 1 fully saturated rings. The molecule has 118 valence electrons. The van der Waals surface area contributed by atoms with Gasteiger partial charge in [-0.25, -0.2) is 0 Å². The molecule has 0 saturated carbocycles. The molecule has 0 N–H and O–H groups in total. The summed E-state index contributed by atoms with van der Waals surface area (Å²) in [6, 6.07) is 0. The minimum absolute atomic E-state index is 0.123. The molecule has 0 aliphatic carbocycles. The third-order valence-corrected chi connectivity index (χ3v) is 3.83. The summed E-state index contributed by atoms with van der Waals surface area (Å²) in [5.41, 5.74) is -0.705. The lowest BCUT2D eigenvalue weighted by molar-refractivity contribution is -0.154. The molecule has 0 aromatic rings. The number of likely N-dealkylation sites (N-methyl/N-ethyl adjacent to an activating group) is 1. The number of hydrogen-bond donors (Lipinski definition) is 0. The maximum absolute atomic E-state index is 12.5. The van der Waals surface area contributed by atoms with Gasteiger partial charge in [0.15, 0.2) is 0 Å². The van der Waals surface area contributed by atoms with Gasteiger partial charge in [-0.05, 0) is 46.1 Å². The van der Waals surface area contributed by atoms with Crippen LogP contribution in [0.15, 0.2) is 0 Å². The zero-order chi connectivity index (χ0) is 15.2. The highest BCUT2D eigenvalue weighted by atomic mass is 16.5. The molecule has 1 saturated heterocycles. The molecule has 0 bridgehead atoms. The van der Waals surface area contributed by atoms with Crippen molar-refractivity contribution in [3.8, 4) is 0 Å². The molecule has 1 rings (SSSR count). The van der Waals surface area contributed by atoms with Gasteiger partial charge in [0, 0.05) is 26.2 Å². The Balaban J connectivity index is 2.69. The first-order chi connectivity index (χ1) is 9.36. The van der Waals surface area contributed by atoms with Crippen molar-refractivity contribution in [3.63, 3.8) is 0 Å². The molecule has 20 heavy (non-hydrogen) atoms. The van der Waals surface area contributed by atoms with E-state index in [9.17, 15) is 4.79 Å². The maximum Gasteiger partial charge on any atom is 0.254 e. The second kappa shape index (κ2) is 7.99. The summed E-state index contributed by atoms with van der Waals surface area (Å²) in [5.74, 6) is 0.791. The second-order valence-corrected chi connectivity index (χ2v) is 6.65. The monoisotopic (exact) mass is 284 g/mol. The molecule has 0 unspecified atom stereocenters. The zero-order valence-corrected chi connectivity index (χ0v) is 13.9. The molecule has 0 spiro atoms. The fourth-order valence-corrected chi connectivity index (χ4v) is 2.72. The molecule has 0 aromatic carbocycles. The molecule has 0 radical (unpaired) electrons. The van der Waals surface area contributed by atoms with Gasteiger partial charge in [0.25, 0.3) is 5.91 Å². The van der Waals surface area contributed by atoms with E-state index < -0.39 is 5.60 Å². The molecule has 0 atom stereocenters. The molecular formula is C16H32N2O2. The van der Waals surface area contributed by atoms with Gasteiger partial charge in [0.05, 0.1) is 6.61 Å². The number of rotatable bonds is 3. The summed E-state index contributed by atoms with van der Waals surface area (Å²) >= 11 is 0. The van der Waals surface area contributed by atoms with E-state index in [1.165, 1.54) is 0 Å². The Labute approximate surface area is 124 Å². The Kier molecular flexibility index (Phi) is 6.96. The maximum atomic E-state index is 12.5. The van der Waals surface area contributed by atoms with Gasteiger partial charge in [-0.2, -0.15) is 0 Å². The summed E-state index contributed by atoms with van der Waals surface area (Å²) in [6.45, 7) is 15.7. The molecule has 1 aliphatic heterocycles. The van der Waals surface area contributed by atoms with Crippen LogP contribution in [0.1, 0.15) is 47.5 Å². The highest BCUT2D eigenvalue weighted by molar-refractivity contribution is 5.84. The van der Waals surface area contributed by atoms with E-state index in [0.717, 1.165) is 45.6 Å². The Morgan fingerprint density at radius 2 is 1.85 bits per heavy atom. The van der Waals surface area contributed by atoms with Crippen LogP contribution < -0.4 is 0 Å². The number of hydrogen-bond acceptors (Lipinski definition) is 3. The molecule has 1 heterocycles. The molecule has 0 aromatic heterocycles. The first-order valence-electron chi connectivity index (χ1n) is 8.02. The number of carbonyl (C=O) groups excluding carboxylic acids is 1. The first kappa shape index (κ1) is 17.4. The van der Waals surface area contributed by atoms with E-state index in [0.29, 0.717) is 12.5 Å². The van der Waals surface area contributed by atoms with Crippen LogP contribution in [-0.2, 0) is 9.53 Å². The van der Waals surface area contributed by atoms with E-state index in [1.54, 1.807) is 0 Å². The molecule has 4 heteroatoms. The van der Waals surface area contributed by atoms with Gasteiger partial charge in [-0.3, -0.25) is 4.79 Å². The van der Waals surface area contributed by atoms with Crippen molar-refractivity contribution in [1.82, 2.24) is 9.80 Å². The lowest BCUT2D eigenvalue weighted by atomic mass is 10.1. The van der Waals surface area contributed by atoms with Crippen LogP contribution in [0.4, 0.5) is 0 Å². The molecule has 1 aliphatic rings. The van der Waals surface area contributed by atoms with Crippen LogP contribution in [-0.4, -0.2) is 60.6 Å². The van der Waals surface area contributed by atoms with Crippen LogP contribution in [0, 0.1) is 5.92 Å². The van der Waals surface area contributed by atoms with Gasteiger partial charge in [-0.1, -0.05) is 13.8 Å². The van der Waals surface area contributed by atoms with Crippen molar-refractivity contribution in [3.05, 3.63) is 0 Å². The summed E-state index contributed by atoms with van der Waals surface area (Å²) in [5, 5.41) is 0. The predicted octanol–water partition coefficient (Wildman–Crippen LogP) is 2.38. The Hall–Kier alpha value is -0.610. The van der Waals surface area contributed by atoms with Crippen molar-refractivity contribution < 1.29 is 9.53 Å². The van der Waals surface area contributed by atoms with Crippen LogP contribution in [0.3, 0.4) is 0 Å². The van der Waals surface area contributed by atoms with Crippen LogP contribution in [0.5, 0.6) is 0 Å². The summed E-state index contributed by atoms with van der Waals surface area (Å²) in [4.78, 5) is 16.9. The van der Waals surface area contributed by atoms with Crippen molar-refractivity contribution in [2.75, 3.05) is 39.3 Å². The smallest absolute Gasteiger partial charge is 0.254 e. The SMILES string of the molecule is CCN1CCCCN(CC(C)C)CCOC(C)(C)C1=O. The number of carbonyl (C=O) groups is 1. The van der Waals surface area contributed by atoms with E-state index in [-0.39, 0.29) is 5.91 Å². The Morgan fingerprint density at radius 3 is 2.45 bits per heavy atom. The number of ether oxygens (including phenoxy) is 1. The van der Waals surface area contributed by atoms with Gasteiger partial charge in [-0.15, -0.1) is 0 Å². The van der Waals surface area contributed by atoms with Crippen molar-refractivity contribution in [2.24, 2.45) is 5.92 Å². The molecule has 1 amide bonds. The lowest BCUT2D eigenvalue weighted by Gasteiger charge is -2.31. The standard InChI is InChI=1S/C16H32N2O2/c1-6-18-10-8-7-9-17(13-14(2)3)11-12-20-16(4,5)15(18)19/h14H,6-13H2,1-5H3. The fourth-order valence-electron chi connectivity index (χ4n) is 2.72. The Morgan fingerprint density at radius 1 is 1.20 bits per heavy atom. The summed E-state index contributed by atoms with van der Waals surface area (Å²) in [6.07, 6.45) is 2.22. The lowest BCUT2D eigenvalue weighted by Crippen LogP contribution is -2.47. The van der Waals surface area contributed by atoms with Crippen LogP contribution in [0.25, 0.3) is 0 Å². The van der Waals surface area contributed by atoms with Crippen molar-refractivity contribution in [1.29, 1.82) is 0 Å². The Bertz CT molecular complexity index is 303. The quantitative estimate of drug-likeness (QED) is 0.798. The summed E-state index contributed by atoms with van der Waals surface area (Å²) in [7, 11) is 0. The van der Waals surface area contributed by atoms with Gasteiger partial charge in [0.1, 0.15) is 5.60 Å². The normalized spacial score (nSPS) is 22.9. The van der Waals surface area contributed by atoms with Gasteiger partial charge in [0.2, 0.25) is 0 Å². The third kappa shape index (κ3) is 5.41. The van der Waals surface area contributed by atoms with E-state index >= 15 is 0 Å². The molecular weight excluding hydrogens is 252 g/mol. The topological polar surface area (TPSA) is 32.8 Å². The average molecular weight is 284 g/mol. The minimum atomic E-state index is -0.705. The minimum Gasteiger partial charge on any atom is -0.364 e. The zero-order valence-electron chi connectivity index (χ0n) is 13.9. The second-order valence-electron chi connectivity index (χ2n) is 6.65. The largest absolute Gasteiger partial charge is 0.364 e. The van der Waals surface area contributed by atoms with Crippen LogP contribution in [0.2, 0.25) is 0 Å². The number of amides is 1. The first-order valence-corrected chi connectivity index (χ1v) is 8.02. The third-order valence-electron chi connectivity index (χ3n) is 3.83. The highest BCUT2D eigenvalue weighted by Gasteiger charge is 2.32. The van der Waals surface area contributed by atoms with E-state index in [4.69, 9.17) is 4.74 Å². The molecule has 4 nitrogen and oxygen atoms in total. The average Bonchev–Trinajstić information content (AvgIpc) is 2.38. The highest BCUT2D eigenvalue weighted by Crippen LogP contribution is 2.16. The van der Waals surface area contributed by atoms with E-state index in [1.807, 2.05) is 25.7 Å². The van der Waals surface area contributed by atoms with Crippen molar-refractivity contribution in [2.45, 2.75) is 53.1 Å². The van der Waals surface area contributed by atoms with Crippen LogP contribution >= 0.6 is 0 Å². The van der Waals surface area contributed by atoms with E-state index in [2.05, 4.69) is 18.7 Å².